The second-order valence-electron chi connectivity index (χ2n) is 7.26. The van der Waals surface area contributed by atoms with Crippen molar-refractivity contribution in [1.82, 2.24) is 0 Å². The molecule has 1 aliphatic heterocycles. The minimum Gasteiger partial charge on any atom is -0.335 e. The van der Waals surface area contributed by atoms with Crippen LogP contribution in [0.3, 0.4) is 0 Å². The van der Waals surface area contributed by atoms with Crippen LogP contribution in [0.2, 0.25) is 10.0 Å². The molecule has 3 aromatic rings. The summed E-state index contributed by atoms with van der Waals surface area (Å²) in [5, 5.41) is 2.53. The average molecular weight is 517 g/mol. The van der Waals surface area contributed by atoms with Crippen LogP contribution in [0.5, 0.6) is 0 Å². The lowest BCUT2D eigenvalue weighted by Gasteiger charge is -2.17. The highest BCUT2D eigenvalue weighted by Crippen LogP contribution is 2.47. The first kappa shape index (κ1) is 22.9. The number of nitrogens with zero attached hydrogens (tertiary/aromatic N) is 2. The molecule has 1 N–H and O–H groups in total. The zero-order valence-electron chi connectivity index (χ0n) is 16.9. The first-order valence-corrected chi connectivity index (χ1v) is 13.6. The number of anilines is 1. The van der Waals surface area contributed by atoms with E-state index in [9.17, 15) is 13.0 Å². The number of rotatable bonds is 6. The topological polar surface area (TPSA) is 61.5 Å². The van der Waals surface area contributed by atoms with E-state index >= 15 is 0 Å². The average Bonchev–Trinajstić information content (AvgIpc) is 3.21. The van der Waals surface area contributed by atoms with Crippen molar-refractivity contribution >= 4 is 78.4 Å². The quantitative estimate of drug-likeness (QED) is 0.317. The van der Waals surface area contributed by atoms with Gasteiger partial charge in [0.2, 0.25) is 5.52 Å². The van der Waals surface area contributed by atoms with Crippen LogP contribution < -0.4 is 9.47 Å². The molecule has 0 aliphatic carbocycles. The third kappa shape index (κ3) is 4.74. The van der Waals surface area contributed by atoms with E-state index in [-0.39, 0.29) is 0 Å². The zero-order chi connectivity index (χ0) is 22.3. The van der Waals surface area contributed by atoms with E-state index in [4.69, 9.17) is 23.2 Å². The molecule has 0 amide bonds. The molecule has 1 aliphatic rings. The SMILES string of the molecule is CCN1C(=Cc2sc3ccc(Cl)cc3[n+]2CCC(C)S(=O)(=O)O)Sc2ccc(Cl)cc21. The van der Waals surface area contributed by atoms with Crippen molar-refractivity contribution in [1.29, 1.82) is 0 Å². The zero-order valence-corrected chi connectivity index (χ0v) is 20.8. The van der Waals surface area contributed by atoms with Gasteiger partial charge in [-0.2, -0.15) is 13.0 Å². The number of fused-ring (bicyclic) bond motifs is 2. The molecule has 1 atom stereocenters. The smallest absolute Gasteiger partial charge is 0.267 e. The standard InChI is InChI=1S/C21H20Cl2N2O3S3/c1-3-24-16-10-14(22)4-6-18(16)29-20(24)12-21-25(9-8-13(2)31(26,27)28)17-11-15(23)5-7-19(17)30-21/h4-7,10-13H,3,8-9H2,1-2H3/p+1. The molecule has 1 unspecified atom stereocenters. The largest absolute Gasteiger partial charge is 0.335 e. The Morgan fingerprint density at radius 1 is 1.19 bits per heavy atom. The Balaban J connectivity index is 1.77. The Morgan fingerprint density at radius 2 is 1.90 bits per heavy atom. The molecule has 2 heterocycles. The Morgan fingerprint density at radius 3 is 2.61 bits per heavy atom. The van der Waals surface area contributed by atoms with Gasteiger partial charge in [0.05, 0.1) is 22.0 Å². The third-order valence-corrected chi connectivity index (χ3v) is 9.16. The van der Waals surface area contributed by atoms with Gasteiger partial charge in [0.25, 0.3) is 15.1 Å². The van der Waals surface area contributed by atoms with Gasteiger partial charge in [-0.1, -0.05) is 46.3 Å². The number of aryl methyl sites for hydroxylation is 1. The molecular weight excluding hydrogens is 495 g/mol. The van der Waals surface area contributed by atoms with Gasteiger partial charge in [0, 0.05) is 34.0 Å². The van der Waals surface area contributed by atoms with Crippen LogP contribution in [0.4, 0.5) is 5.69 Å². The molecule has 0 spiro atoms. The maximum atomic E-state index is 11.5. The molecule has 0 bridgehead atoms. The van der Waals surface area contributed by atoms with E-state index in [1.165, 1.54) is 6.92 Å². The molecule has 31 heavy (non-hydrogen) atoms. The van der Waals surface area contributed by atoms with Crippen LogP contribution >= 0.6 is 46.3 Å². The summed E-state index contributed by atoms with van der Waals surface area (Å²) in [6, 6.07) is 11.6. The third-order valence-electron chi connectivity index (χ3n) is 5.22. The molecule has 2 aromatic carbocycles. The summed E-state index contributed by atoms with van der Waals surface area (Å²) in [6.07, 6.45) is 2.41. The molecule has 0 fully saturated rings. The molecule has 0 saturated carbocycles. The van der Waals surface area contributed by atoms with Gasteiger partial charge in [-0.3, -0.25) is 4.55 Å². The van der Waals surface area contributed by atoms with E-state index in [1.807, 2.05) is 36.4 Å². The fourth-order valence-corrected chi connectivity index (χ4v) is 6.54. The second kappa shape index (κ2) is 8.92. The fourth-order valence-electron chi connectivity index (χ4n) is 3.49. The predicted molar refractivity (Wildman–Crippen MR) is 131 cm³/mol. The molecular formula is C21H21Cl2N2O3S3+. The Kier molecular flexibility index (Phi) is 6.59. The van der Waals surface area contributed by atoms with Gasteiger partial charge < -0.3 is 4.90 Å². The lowest BCUT2D eigenvalue weighted by Crippen LogP contribution is -2.37. The maximum absolute atomic E-state index is 11.5. The number of aromatic nitrogens is 1. The fraction of sp³-hybridized carbons (Fsp3) is 0.286. The van der Waals surface area contributed by atoms with Gasteiger partial charge in [0.1, 0.15) is 4.70 Å². The van der Waals surface area contributed by atoms with Crippen molar-refractivity contribution < 1.29 is 17.5 Å². The summed E-state index contributed by atoms with van der Waals surface area (Å²) in [7, 11) is -4.08. The molecule has 164 valence electrons. The Bertz CT molecular complexity index is 1290. The van der Waals surface area contributed by atoms with E-state index in [0.717, 1.165) is 37.4 Å². The van der Waals surface area contributed by atoms with E-state index in [2.05, 4.69) is 22.5 Å². The van der Waals surface area contributed by atoms with E-state index < -0.39 is 15.4 Å². The molecule has 5 nitrogen and oxygen atoms in total. The van der Waals surface area contributed by atoms with Crippen LogP contribution in [0, 0.1) is 0 Å². The second-order valence-corrected chi connectivity index (χ2v) is 12.1. The Hall–Kier alpha value is -1.29. The molecule has 4 rings (SSSR count). The van der Waals surface area contributed by atoms with Crippen LogP contribution in [0.15, 0.2) is 46.3 Å². The highest BCUT2D eigenvalue weighted by atomic mass is 35.5. The Labute approximate surface area is 200 Å². The van der Waals surface area contributed by atoms with Crippen LogP contribution in [-0.2, 0) is 16.7 Å². The van der Waals surface area contributed by atoms with E-state index in [1.54, 1.807) is 23.1 Å². The first-order valence-electron chi connectivity index (χ1n) is 9.72. The van der Waals surface area contributed by atoms with Crippen molar-refractivity contribution in [3.8, 4) is 0 Å². The minimum atomic E-state index is -4.08. The molecule has 0 radical (unpaired) electrons. The molecule has 1 aromatic heterocycles. The summed E-state index contributed by atoms with van der Waals surface area (Å²) in [4.78, 5) is 3.36. The molecule has 0 saturated heterocycles. The number of halogens is 2. The van der Waals surface area contributed by atoms with Crippen molar-refractivity contribution in [2.24, 2.45) is 0 Å². The lowest BCUT2D eigenvalue weighted by molar-refractivity contribution is -0.669. The lowest BCUT2D eigenvalue weighted by atomic mass is 10.3. The van der Waals surface area contributed by atoms with Gasteiger partial charge in [-0.15, -0.1) is 0 Å². The normalized spacial score (nSPS) is 16.3. The van der Waals surface area contributed by atoms with Gasteiger partial charge in [-0.25, -0.2) is 0 Å². The van der Waals surface area contributed by atoms with Crippen LogP contribution in [0.25, 0.3) is 16.3 Å². The molecule has 10 heteroatoms. The summed E-state index contributed by atoms with van der Waals surface area (Å²) in [5.41, 5.74) is 2.03. The highest BCUT2D eigenvalue weighted by molar-refractivity contribution is 8.03. The first-order chi connectivity index (χ1) is 14.7. The number of hydrogen-bond donors (Lipinski definition) is 1. The summed E-state index contributed by atoms with van der Waals surface area (Å²) >= 11 is 15.8. The van der Waals surface area contributed by atoms with Gasteiger partial charge in [-0.05, 0) is 44.2 Å². The summed E-state index contributed by atoms with van der Waals surface area (Å²) < 4.78 is 35.5. The number of hydrogen-bond acceptors (Lipinski definition) is 5. The minimum absolute atomic E-state index is 0.290. The monoisotopic (exact) mass is 515 g/mol. The van der Waals surface area contributed by atoms with Crippen LogP contribution in [0.1, 0.15) is 25.3 Å². The number of thiazole rings is 1. The highest BCUT2D eigenvalue weighted by Gasteiger charge is 2.28. The van der Waals surface area contributed by atoms with Gasteiger partial charge in [0.15, 0.2) is 6.54 Å². The van der Waals surface area contributed by atoms with E-state index in [0.29, 0.717) is 23.0 Å². The number of thioether (sulfide) groups is 1. The van der Waals surface area contributed by atoms with Crippen molar-refractivity contribution in [3.05, 3.63) is 56.5 Å². The van der Waals surface area contributed by atoms with Crippen molar-refractivity contribution in [2.75, 3.05) is 11.4 Å². The van der Waals surface area contributed by atoms with Crippen molar-refractivity contribution in [2.45, 2.75) is 37.0 Å². The maximum Gasteiger partial charge on any atom is 0.267 e. The van der Waals surface area contributed by atoms with Crippen LogP contribution in [-0.4, -0.2) is 24.8 Å². The predicted octanol–water partition coefficient (Wildman–Crippen LogP) is 6.09. The summed E-state index contributed by atoms with van der Waals surface area (Å²) in [6.45, 7) is 4.84. The number of benzene rings is 2. The summed E-state index contributed by atoms with van der Waals surface area (Å²) in [5.74, 6) is 0. The van der Waals surface area contributed by atoms with Gasteiger partial charge >= 0.3 is 0 Å². The van der Waals surface area contributed by atoms with Crippen molar-refractivity contribution in [3.63, 3.8) is 0 Å².